The molecule has 1 aromatic rings. The molecular formula is C19H29NO5Si. The van der Waals surface area contributed by atoms with Crippen molar-refractivity contribution in [1.29, 1.82) is 0 Å². The van der Waals surface area contributed by atoms with Gasteiger partial charge in [0.2, 0.25) is 5.91 Å². The molecule has 1 fully saturated rings. The summed E-state index contributed by atoms with van der Waals surface area (Å²) < 4.78 is 11.1. The van der Waals surface area contributed by atoms with Crippen LogP contribution < -0.4 is 9.64 Å². The molecule has 1 aliphatic heterocycles. The Hall–Kier alpha value is -1.86. The van der Waals surface area contributed by atoms with Crippen LogP contribution in [0.5, 0.6) is 5.75 Å². The van der Waals surface area contributed by atoms with Crippen LogP contribution in [0.2, 0.25) is 19.1 Å². The molecule has 0 spiro atoms. The summed E-state index contributed by atoms with van der Waals surface area (Å²) in [5.74, 6) is -0.990. The number of hydrogen-bond donors (Lipinski definition) is 1. The van der Waals surface area contributed by atoms with E-state index in [1.54, 1.807) is 31.4 Å². The number of anilines is 1. The summed E-state index contributed by atoms with van der Waals surface area (Å²) >= 11 is 0. The van der Waals surface area contributed by atoms with Crippen LogP contribution >= 0.6 is 0 Å². The van der Waals surface area contributed by atoms with Gasteiger partial charge in [0, 0.05) is 12.3 Å². The number of aliphatic carboxylic acids is 1. The highest BCUT2D eigenvalue weighted by Crippen LogP contribution is 2.36. The Morgan fingerprint density at radius 1 is 1.27 bits per heavy atom. The van der Waals surface area contributed by atoms with Gasteiger partial charge in [0.25, 0.3) is 0 Å². The largest absolute Gasteiger partial charge is 0.497 e. The second-order valence-electron chi connectivity index (χ2n) is 7.30. The lowest BCUT2D eigenvalue weighted by Crippen LogP contribution is -2.65. The SMILES string of the molecule is CCCC[Si](C)(C)OCC[C@@H]1C(=O)N(c2ccc(OC)cc2)[C@@H]1C(=O)O. The summed E-state index contributed by atoms with van der Waals surface area (Å²) in [6.45, 7) is 6.94. The molecule has 0 aromatic heterocycles. The van der Waals surface area contributed by atoms with E-state index < -0.39 is 26.2 Å². The predicted molar refractivity (Wildman–Crippen MR) is 103 cm³/mol. The molecule has 7 heteroatoms. The third-order valence-corrected chi connectivity index (χ3v) is 7.41. The Balaban J connectivity index is 1.97. The zero-order chi connectivity index (χ0) is 19.3. The summed E-state index contributed by atoms with van der Waals surface area (Å²) in [5, 5.41) is 9.58. The van der Waals surface area contributed by atoms with Crippen molar-refractivity contribution in [3.8, 4) is 5.75 Å². The average molecular weight is 380 g/mol. The van der Waals surface area contributed by atoms with Gasteiger partial charge in [0.05, 0.1) is 13.0 Å². The first-order chi connectivity index (χ1) is 12.3. The van der Waals surface area contributed by atoms with Crippen LogP contribution in [0.15, 0.2) is 24.3 Å². The molecule has 0 bridgehead atoms. The number of methoxy groups -OCH3 is 1. The molecular weight excluding hydrogens is 350 g/mol. The third kappa shape index (κ3) is 4.65. The van der Waals surface area contributed by atoms with Crippen LogP contribution in [0, 0.1) is 5.92 Å². The van der Waals surface area contributed by atoms with E-state index in [1.165, 1.54) is 4.90 Å². The molecule has 2 atom stereocenters. The molecule has 0 aliphatic carbocycles. The number of unbranched alkanes of at least 4 members (excludes halogenated alkanes) is 1. The van der Waals surface area contributed by atoms with E-state index in [0.717, 1.165) is 18.9 Å². The molecule has 1 N–H and O–H groups in total. The van der Waals surface area contributed by atoms with Crippen molar-refractivity contribution in [2.24, 2.45) is 5.92 Å². The quantitative estimate of drug-likeness (QED) is 0.497. The van der Waals surface area contributed by atoms with Crippen molar-refractivity contribution in [2.45, 2.75) is 51.4 Å². The van der Waals surface area contributed by atoms with Crippen molar-refractivity contribution >= 4 is 25.9 Å². The van der Waals surface area contributed by atoms with Gasteiger partial charge in [0.15, 0.2) is 8.32 Å². The van der Waals surface area contributed by atoms with E-state index in [9.17, 15) is 14.7 Å². The maximum absolute atomic E-state index is 12.5. The van der Waals surface area contributed by atoms with Crippen LogP contribution in [-0.4, -0.2) is 45.1 Å². The summed E-state index contributed by atoms with van der Waals surface area (Å²) in [4.78, 5) is 25.6. The molecule has 0 saturated carbocycles. The molecule has 1 saturated heterocycles. The van der Waals surface area contributed by atoms with E-state index in [2.05, 4.69) is 20.0 Å². The number of ether oxygens (including phenoxy) is 1. The lowest BCUT2D eigenvalue weighted by molar-refractivity contribution is -0.149. The second kappa shape index (κ2) is 8.68. The molecule has 1 aliphatic rings. The first-order valence-electron chi connectivity index (χ1n) is 9.14. The summed E-state index contributed by atoms with van der Waals surface area (Å²) in [5.41, 5.74) is 0.581. The van der Waals surface area contributed by atoms with Gasteiger partial charge in [0.1, 0.15) is 11.8 Å². The van der Waals surface area contributed by atoms with Crippen molar-refractivity contribution in [3.05, 3.63) is 24.3 Å². The number of nitrogens with zero attached hydrogens (tertiary/aromatic N) is 1. The van der Waals surface area contributed by atoms with Gasteiger partial charge in [-0.25, -0.2) is 4.79 Å². The number of hydrogen-bond acceptors (Lipinski definition) is 4. The Kier molecular flexibility index (Phi) is 6.83. The lowest BCUT2D eigenvalue weighted by Gasteiger charge is -2.44. The van der Waals surface area contributed by atoms with E-state index in [1.807, 2.05) is 0 Å². The summed E-state index contributed by atoms with van der Waals surface area (Å²) in [6, 6.07) is 7.11. The highest BCUT2D eigenvalue weighted by Gasteiger charge is 2.52. The van der Waals surface area contributed by atoms with Gasteiger partial charge < -0.3 is 14.3 Å². The van der Waals surface area contributed by atoms with Crippen LogP contribution in [-0.2, 0) is 14.0 Å². The number of carbonyl (C=O) groups excluding carboxylic acids is 1. The van der Waals surface area contributed by atoms with Gasteiger partial charge >= 0.3 is 5.97 Å². The summed E-state index contributed by atoms with van der Waals surface area (Å²) in [6.07, 6.45) is 2.73. The Morgan fingerprint density at radius 2 is 1.92 bits per heavy atom. The van der Waals surface area contributed by atoms with Gasteiger partial charge in [-0.2, -0.15) is 0 Å². The Morgan fingerprint density at radius 3 is 2.46 bits per heavy atom. The van der Waals surface area contributed by atoms with Crippen LogP contribution in [0.3, 0.4) is 0 Å². The van der Waals surface area contributed by atoms with Gasteiger partial charge in [-0.05, 0) is 49.8 Å². The molecule has 2 rings (SSSR count). The van der Waals surface area contributed by atoms with Crippen molar-refractivity contribution in [1.82, 2.24) is 0 Å². The molecule has 144 valence electrons. The number of carbonyl (C=O) groups is 2. The number of β-lactam (4-membered cyclic amide) rings is 1. The van der Waals surface area contributed by atoms with Gasteiger partial charge in [-0.15, -0.1) is 0 Å². The Labute approximate surface area is 156 Å². The zero-order valence-corrected chi connectivity index (χ0v) is 17.0. The Bertz CT molecular complexity index is 631. The smallest absolute Gasteiger partial charge is 0.327 e. The third-order valence-electron chi connectivity index (χ3n) is 4.87. The number of rotatable bonds is 10. The van der Waals surface area contributed by atoms with E-state index in [4.69, 9.17) is 9.16 Å². The van der Waals surface area contributed by atoms with Crippen molar-refractivity contribution in [3.63, 3.8) is 0 Å². The standard InChI is InChI=1S/C19H29NO5Si/c1-5-6-13-26(3,4)25-12-11-16-17(19(22)23)20(18(16)21)14-7-9-15(24-2)10-8-14/h7-10,16-17H,5-6,11-13H2,1-4H3,(H,22,23)/t16-,17-/m0/s1. The van der Waals surface area contributed by atoms with Gasteiger partial charge in [-0.1, -0.05) is 19.8 Å². The number of benzene rings is 1. The first-order valence-corrected chi connectivity index (χ1v) is 12.3. The fraction of sp³-hybridized carbons (Fsp3) is 0.579. The number of carboxylic acid groups (broad SMARTS) is 1. The minimum Gasteiger partial charge on any atom is -0.497 e. The second-order valence-corrected chi connectivity index (χ2v) is 11.6. The van der Waals surface area contributed by atoms with Crippen LogP contribution in [0.4, 0.5) is 5.69 Å². The first kappa shape index (κ1) is 20.4. The molecule has 1 heterocycles. The van der Waals surface area contributed by atoms with Crippen molar-refractivity contribution < 1.29 is 23.9 Å². The van der Waals surface area contributed by atoms with E-state index in [-0.39, 0.29) is 5.91 Å². The normalized spacial score (nSPS) is 20.0. The maximum atomic E-state index is 12.5. The summed E-state index contributed by atoms with van der Waals surface area (Å²) in [7, 11) is -0.168. The molecule has 1 amide bonds. The lowest BCUT2D eigenvalue weighted by atomic mass is 9.84. The van der Waals surface area contributed by atoms with Gasteiger partial charge in [-0.3, -0.25) is 9.69 Å². The highest BCUT2D eigenvalue weighted by molar-refractivity contribution is 6.71. The average Bonchev–Trinajstić information content (AvgIpc) is 2.61. The van der Waals surface area contributed by atoms with E-state index >= 15 is 0 Å². The zero-order valence-electron chi connectivity index (χ0n) is 16.0. The topological polar surface area (TPSA) is 76.1 Å². The monoisotopic (exact) mass is 379 g/mol. The fourth-order valence-electron chi connectivity index (χ4n) is 3.28. The molecule has 6 nitrogen and oxygen atoms in total. The number of amides is 1. The molecule has 26 heavy (non-hydrogen) atoms. The van der Waals surface area contributed by atoms with Crippen molar-refractivity contribution in [2.75, 3.05) is 18.6 Å². The highest BCUT2D eigenvalue weighted by atomic mass is 28.4. The van der Waals surface area contributed by atoms with Crippen LogP contribution in [0.25, 0.3) is 0 Å². The minimum absolute atomic E-state index is 0.154. The molecule has 0 radical (unpaired) electrons. The maximum Gasteiger partial charge on any atom is 0.327 e. The molecule has 0 unspecified atom stereocenters. The van der Waals surface area contributed by atoms with E-state index in [0.29, 0.717) is 24.5 Å². The van der Waals surface area contributed by atoms with Crippen LogP contribution in [0.1, 0.15) is 26.2 Å². The minimum atomic E-state index is -1.73. The fourth-order valence-corrected chi connectivity index (χ4v) is 5.30. The predicted octanol–water partition coefficient (Wildman–Crippen LogP) is 3.52. The number of carboxylic acids is 1. The molecule has 1 aromatic carbocycles.